The van der Waals surface area contributed by atoms with Gasteiger partial charge in [-0.3, -0.25) is 4.79 Å². The third-order valence-electron chi connectivity index (χ3n) is 3.31. The monoisotopic (exact) mass is 206 g/mol. The highest BCUT2D eigenvalue weighted by Gasteiger charge is 2.32. The van der Waals surface area contributed by atoms with E-state index in [1.165, 1.54) is 12.1 Å². The fourth-order valence-corrected chi connectivity index (χ4v) is 2.39. The lowest BCUT2D eigenvalue weighted by Gasteiger charge is -2.33. The summed E-state index contributed by atoms with van der Waals surface area (Å²) in [5.74, 6) is 0.109. The Labute approximate surface area is 89.3 Å². The minimum Gasteiger partial charge on any atom is -0.300 e. The zero-order valence-electron chi connectivity index (χ0n) is 8.92. The van der Waals surface area contributed by atoms with E-state index in [0.29, 0.717) is 18.6 Å². The molecular formula is C13H15FO. The molecule has 80 valence electrons. The van der Waals surface area contributed by atoms with Gasteiger partial charge in [-0.05, 0) is 36.0 Å². The third kappa shape index (κ3) is 2.09. The van der Waals surface area contributed by atoms with Crippen molar-refractivity contribution in [2.45, 2.75) is 38.0 Å². The summed E-state index contributed by atoms with van der Waals surface area (Å²) < 4.78 is 12.8. The summed E-state index contributed by atoms with van der Waals surface area (Å²) in [4.78, 5) is 11.4. The maximum atomic E-state index is 12.8. The summed E-state index contributed by atoms with van der Waals surface area (Å²) in [6.45, 7) is 2.09. The van der Waals surface area contributed by atoms with Gasteiger partial charge in [-0.25, -0.2) is 4.39 Å². The van der Waals surface area contributed by atoms with Gasteiger partial charge in [0.25, 0.3) is 0 Å². The Balaban J connectivity index is 2.28. The van der Waals surface area contributed by atoms with Crippen LogP contribution in [0.5, 0.6) is 0 Å². The lowest BCUT2D eigenvalue weighted by Crippen LogP contribution is -2.29. The van der Waals surface area contributed by atoms with Crippen LogP contribution in [0.1, 0.15) is 38.2 Å². The van der Waals surface area contributed by atoms with Crippen LogP contribution in [0, 0.1) is 5.82 Å². The van der Waals surface area contributed by atoms with E-state index in [1.54, 1.807) is 12.1 Å². The van der Waals surface area contributed by atoms with E-state index in [9.17, 15) is 9.18 Å². The molecule has 1 aromatic carbocycles. The molecule has 0 N–H and O–H groups in total. The fraction of sp³-hybridized carbons (Fsp3) is 0.462. The lowest BCUT2D eigenvalue weighted by molar-refractivity contribution is -0.121. The van der Waals surface area contributed by atoms with E-state index in [-0.39, 0.29) is 11.2 Å². The molecule has 0 aliphatic heterocycles. The first kappa shape index (κ1) is 10.3. The zero-order chi connectivity index (χ0) is 10.9. The van der Waals surface area contributed by atoms with Crippen LogP contribution in [0.3, 0.4) is 0 Å². The molecule has 1 aliphatic carbocycles. The molecule has 1 saturated carbocycles. The van der Waals surface area contributed by atoms with E-state index in [0.717, 1.165) is 18.4 Å². The number of ketones is 1. The maximum Gasteiger partial charge on any atom is 0.133 e. The second kappa shape index (κ2) is 3.76. The van der Waals surface area contributed by atoms with Gasteiger partial charge in [0.15, 0.2) is 0 Å². The SMILES string of the molecule is C[C@@]1(c2ccc(F)cc2)CCCC(=O)C1. The molecule has 0 radical (unpaired) electrons. The minimum absolute atomic E-state index is 0.0803. The molecule has 0 unspecified atom stereocenters. The fourth-order valence-electron chi connectivity index (χ4n) is 2.39. The smallest absolute Gasteiger partial charge is 0.133 e. The molecule has 0 bridgehead atoms. The molecule has 2 heteroatoms. The summed E-state index contributed by atoms with van der Waals surface area (Å²) in [6.07, 6.45) is 3.27. The van der Waals surface area contributed by atoms with Gasteiger partial charge in [-0.2, -0.15) is 0 Å². The topological polar surface area (TPSA) is 17.1 Å². The highest BCUT2D eigenvalue weighted by Crippen LogP contribution is 2.37. The highest BCUT2D eigenvalue weighted by molar-refractivity contribution is 5.80. The van der Waals surface area contributed by atoms with Crippen LogP contribution in [-0.2, 0) is 10.2 Å². The lowest BCUT2D eigenvalue weighted by atomic mass is 9.70. The Bertz CT molecular complexity index is 369. The number of hydrogen-bond acceptors (Lipinski definition) is 1. The van der Waals surface area contributed by atoms with Crippen molar-refractivity contribution in [3.63, 3.8) is 0 Å². The number of Topliss-reactive ketones (excluding diaryl/α,β-unsaturated/α-hetero) is 1. The molecule has 2 rings (SSSR count). The molecule has 1 nitrogen and oxygen atoms in total. The van der Waals surface area contributed by atoms with Crippen molar-refractivity contribution in [2.75, 3.05) is 0 Å². The molecule has 0 heterocycles. The number of benzene rings is 1. The van der Waals surface area contributed by atoms with Crippen molar-refractivity contribution >= 4 is 5.78 Å². The molecule has 0 amide bonds. The van der Waals surface area contributed by atoms with Crippen LogP contribution in [-0.4, -0.2) is 5.78 Å². The maximum absolute atomic E-state index is 12.8. The van der Waals surface area contributed by atoms with Crippen LogP contribution < -0.4 is 0 Å². The largest absolute Gasteiger partial charge is 0.300 e. The molecule has 1 aliphatic rings. The van der Waals surface area contributed by atoms with Gasteiger partial charge in [0.1, 0.15) is 11.6 Å². The molecule has 1 fully saturated rings. The van der Waals surface area contributed by atoms with Crippen molar-refractivity contribution in [3.05, 3.63) is 35.6 Å². The number of halogens is 1. The zero-order valence-corrected chi connectivity index (χ0v) is 8.92. The first-order valence-electron chi connectivity index (χ1n) is 5.38. The average Bonchev–Trinajstić information content (AvgIpc) is 2.18. The Morgan fingerprint density at radius 3 is 2.53 bits per heavy atom. The van der Waals surface area contributed by atoms with Gasteiger partial charge in [0.05, 0.1) is 0 Å². The second-order valence-electron chi connectivity index (χ2n) is 4.64. The Morgan fingerprint density at radius 2 is 1.93 bits per heavy atom. The summed E-state index contributed by atoms with van der Waals surface area (Å²) >= 11 is 0. The predicted molar refractivity (Wildman–Crippen MR) is 57.2 cm³/mol. The van der Waals surface area contributed by atoms with Crippen LogP contribution in [0.25, 0.3) is 0 Å². The first-order valence-corrected chi connectivity index (χ1v) is 5.38. The van der Waals surface area contributed by atoms with Gasteiger partial charge in [-0.15, -0.1) is 0 Å². The standard InChI is InChI=1S/C13H15FO/c1-13(8-2-3-12(15)9-13)10-4-6-11(14)7-5-10/h4-7H,2-3,8-9H2,1H3/t13-/m1/s1. The predicted octanol–water partition coefficient (Wildman–Crippen LogP) is 3.23. The number of hydrogen-bond donors (Lipinski definition) is 0. The van der Waals surface area contributed by atoms with E-state index in [1.807, 2.05) is 0 Å². The van der Waals surface area contributed by atoms with Gasteiger partial charge >= 0.3 is 0 Å². The summed E-state index contributed by atoms with van der Waals surface area (Å²) in [6, 6.07) is 6.54. The van der Waals surface area contributed by atoms with Crippen molar-refractivity contribution in [2.24, 2.45) is 0 Å². The summed E-state index contributed by atoms with van der Waals surface area (Å²) in [7, 11) is 0. The molecular weight excluding hydrogens is 191 g/mol. The normalized spacial score (nSPS) is 26.7. The molecule has 1 aromatic rings. The number of carbonyl (C=O) groups is 1. The van der Waals surface area contributed by atoms with Gasteiger partial charge in [0.2, 0.25) is 0 Å². The number of carbonyl (C=O) groups excluding carboxylic acids is 1. The van der Waals surface area contributed by atoms with Crippen molar-refractivity contribution in [3.8, 4) is 0 Å². The van der Waals surface area contributed by atoms with Gasteiger partial charge in [-0.1, -0.05) is 19.1 Å². The van der Waals surface area contributed by atoms with Crippen LogP contribution in [0.15, 0.2) is 24.3 Å². The van der Waals surface area contributed by atoms with E-state index in [4.69, 9.17) is 0 Å². The van der Waals surface area contributed by atoms with E-state index in [2.05, 4.69) is 6.92 Å². The van der Waals surface area contributed by atoms with Crippen LogP contribution >= 0.6 is 0 Å². The molecule has 15 heavy (non-hydrogen) atoms. The first-order chi connectivity index (χ1) is 7.10. The number of rotatable bonds is 1. The van der Waals surface area contributed by atoms with Crippen LogP contribution in [0.2, 0.25) is 0 Å². The van der Waals surface area contributed by atoms with Gasteiger partial charge in [0, 0.05) is 12.8 Å². The van der Waals surface area contributed by atoms with E-state index < -0.39 is 0 Å². The average molecular weight is 206 g/mol. The summed E-state index contributed by atoms with van der Waals surface area (Å²) in [5.41, 5.74) is 1.00. The molecule has 0 saturated heterocycles. The Hall–Kier alpha value is -1.18. The van der Waals surface area contributed by atoms with Gasteiger partial charge < -0.3 is 0 Å². The minimum atomic E-state index is -0.218. The van der Waals surface area contributed by atoms with Crippen LogP contribution in [0.4, 0.5) is 4.39 Å². The highest BCUT2D eigenvalue weighted by atomic mass is 19.1. The Morgan fingerprint density at radius 1 is 1.27 bits per heavy atom. The Kier molecular flexibility index (Phi) is 2.59. The molecule has 1 atom stereocenters. The van der Waals surface area contributed by atoms with Crippen molar-refractivity contribution < 1.29 is 9.18 Å². The van der Waals surface area contributed by atoms with Crippen molar-refractivity contribution in [1.29, 1.82) is 0 Å². The van der Waals surface area contributed by atoms with E-state index >= 15 is 0 Å². The second-order valence-corrected chi connectivity index (χ2v) is 4.64. The quantitative estimate of drug-likeness (QED) is 0.689. The third-order valence-corrected chi connectivity index (χ3v) is 3.31. The molecule has 0 spiro atoms. The molecule has 0 aromatic heterocycles. The summed E-state index contributed by atoms with van der Waals surface area (Å²) in [5, 5.41) is 0. The van der Waals surface area contributed by atoms with Crippen molar-refractivity contribution in [1.82, 2.24) is 0 Å².